The lowest BCUT2D eigenvalue weighted by molar-refractivity contribution is -0.137. The van der Waals surface area contributed by atoms with Crippen molar-refractivity contribution in [3.05, 3.63) is 76.6 Å². The van der Waals surface area contributed by atoms with Crippen molar-refractivity contribution in [1.82, 2.24) is 4.90 Å². The molecule has 0 bridgehead atoms. The van der Waals surface area contributed by atoms with Crippen LogP contribution in [0.3, 0.4) is 0 Å². The lowest BCUT2D eigenvalue weighted by atomic mass is 9.90. The average molecular weight is 377 g/mol. The van der Waals surface area contributed by atoms with Gasteiger partial charge < -0.3 is 0 Å². The molecule has 144 valence electrons. The summed E-state index contributed by atoms with van der Waals surface area (Å²) in [6.45, 7) is 4.55. The number of allylic oxidation sites excluding steroid dienone is 1. The summed E-state index contributed by atoms with van der Waals surface area (Å²) in [4.78, 5) is 2.36. The van der Waals surface area contributed by atoms with Crippen LogP contribution in [0.25, 0.3) is 5.57 Å². The van der Waals surface area contributed by atoms with Crippen molar-refractivity contribution < 1.29 is 17.6 Å². The molecule has 5 heteroatoms. The van der Waals surface area contributed by atoms with Crippen molar-refractivity contribution in [3.63, 3.8) is 0 Å². The number of piperidine rings is 1. The summed E-state index contributed by atoms with van der Waals surface area (Å²) in [7, 11) is 0. The van der Waals surface area contributed by atoms with E-state index in [0.29, 0.717) is 18.1 Å². The third kappa shape index (κ3) is 4.78. The monoisotopic (exact) mass is 377 g/mol. The summed E-state index contributed by atoms with van der Waals surface area (Å²) in [5.41, 5.74) is 2.62. The highest BCUT2D eigenvalue weighted by Crippen LogP contribution is 2.35. The highest BCUT2D eigenvalue weighted by molar-refractivity contribution is 5.69. The van der Waals surface area contributed by atoms with Crippen LogP contribution in [-0.4, -0.2) is 18.0 Å². The van der Waals surface area contributed by atoms with Crippen molar-refractivity contribution in [3.8, 4) is 0 Å². The van der Waals surface area contributed by atoms with Crippen molar-refractivity contribution in [2.24, 2.45) is 0 Å². The van der Waals surface area contributed by atoms with Crippen LogP contribution in [0.1, 0.15) is 42.9 Å². The van der Waals surface area contributed by atoms with Crippen LogP contribution >= 0.6 is 0 Å². The molecular weight excluding hydrogens is 354 g/mol. The molecule has 0 radical (unpaired) electrons. The summed E-state index contributed by atoms with van der Waals surface area (Å²) in [5, 5.41) is 0. The van der Waals surface area contributed by atoms with E-state index in [1.165, 1.54) is 11.6 Å². The minimum Gasteiger partial charge on any atom is -0.298 e. The maximum absolute atomic E-state index is 14.4. The van der Waals surface area contributed by atoms with Gasteiger partial charge in [0.05, 0.1) is 5.56 Å². The molecule has 0 spiro atoms. The Morgan fingerprint density at radius 3 is 2.22 bits per heavy atom. The molecule has 2 aromatic carbocycles. The van der Waals surface area contributed by atoms with E-state index in [1.54, 1.807) is 0 Å². The number of halogens is 4. The van der Waals surface area contributed by atoms with Crippen LogP contribution in [0.2, 0.25) is 0 Å². The molecule has 0 aromatic heterocycles. The van der Waals surface area contributed by atoms with E-state index in [1.807, 2.05) is 25.1 Å². The zero-order valence-electron chi connectivity index (χ0n) is 15.3. The van der Waals surface area contributed by atoms with Crippen LogP contribution in [0, 0.1) is 5.82 Å². The highest BCUT2D eigenvalue weighted by atomic mass is 19.4. The molecule has 0 saturated carbocycles. The molecular formula is C22H23F4N. The third-order valence-corrected chi connectivity index (χ3v) is 5.11. The fraction of sp³-hybridized carbons (Fsp3) is 0.364. The van der Waals surface area contributed by atoms with Crippen LogP contribution in [0.15, 0.2) is 54.1 Å². The van der Waals surface area contributed by atoms with Gasteiger partial charge in [-0.1, -0.05) is 48.9 Å². The minimum absolute atomic E-state index is 0.303. The predicted molar refractivity (Wildman–Crippen MR) is 99.6 cm³/mol. The fourth-order valence-corrected chi connectivity index (χ4v) is 3.69. The highest BCUT2D eigenvalue weighted by Gasteiger charge is 2.31. The maximum Gasteiger partial charge on any atom is 0.416 e. The van der Waals surface area contributed by atoms with E-state index >= 15 is 0 Å². The summed E-state index contributed by atoms with van der Waals surface area (Å²) < 4.78 is 52.7. The first-order valence-electron chi connectivity index (χ1n) is 9.22. The molecule has 1 saturated heterocycles. The van der Waals surface area contributed by atoms with E-state index in [2.05, 4.69) is 17.0 Å². The molecule has 3 rings (SSSR count). The number of likely N-dealkylation sites (tertiary alicyclic amines) is 1. The topological polar surface area (TPSA) is 3.24 Å². The third-order valence-electron chi connectivity index (χ3n) is 5.11. The van der Waals surface area contributed by atoms with Gasteiger partial charge >= 0.3 is 6.18 Å². The molecule has 0 atom stereocenters. The molecule has 1 heterocycles. The molecule has 27 heavy (non-hydrogen) atoms. The minimum atomic E-state index is -4.53. The van der Waals surface area contributed by atoms with Gasteiger partial charge in [0, 0.05) is 25.2 Å². The fourth-order valence-electron chi connectivity index (χ4n) is 3.69. The first-order valence-corrected chi connectivity index (χ1v) is 9.22. The zero-order valence-corrected chi connectivity index (χ0v) is 15.3. The van der Waals surface area contributed by atoms with E-state index < -0.39 is 17.6 Å². The largest absolute Gasteiger partial charge is 0.416 e. The molecule has 0 aliphatic carbocycles. The predicted octanol–water partition coefficient (Wildman–Crippen LogP) is 6.30. The van der Waals surface area contributed by atoms with Crippen LogP contribution in [0.4, 0.5) is 17.6 Å². The van der Waals surface area contributed by atoms with Crippen molar-refractivity contribution in [1.29, 1.82) is 0 Å². The second-order valence-corrected chi connectivity index (χ2v) is 6.89. The summed E-state index contributed by atoms with van der Waals surface area (Å²) in [5.74, 6) is -0.791. The van der Waals surface area contributed by atoms with Crippen LogP contribution < -0.4 is 0 Å². The Hall–Kier alpha value is -2.14. The Balaban J connectivity index is 1.75. The van der Waals surface area contributed by atoms with Crippen LogP contribution in [-0.2, 0) is 12.7 Å². The van der Waals surface area contributed by atoms with Gasteiger partial charge in [-0.25, -0.2) is 4.39 Å². The second-order valence-electron chi connectivity index (χ2n) is 6.89. The van der Waals surface area contributed by atoms with Gasteiger partial charge in [-0.3, -0.25) is 4.90 Å². The smallest absolute Gasteiger partial charge is 0.298 e. The molecule has 1 fully saturated rings. The van der Waals surface area contributed by atoms with Crippen molar-refractivity contribution in [2.75, 3.05) is 13.1 Å². The maximum atomic E-state index is 14.4. The lowest BCUT2D eigenvalue weighted by Gasteiger charge is -2.30. The standard InChI is InChI=1S/C22H23F4N/c1-2-19(20-9-8-18(14-21(20)23)22(24,25)26)17-10-12-27(13-11-17)15-16-6-4-3-5-7-16/h3-9,14H,2,10-13,15H2,1H3. The van der Waals surface area contributed by atoms with Crippen molar-refractivity contribution in [2.45, 2.75) is 38.9 Å². The SMILES string of the molecule is CCC(=C1CCN(Cc2ccccc2)CC1)c1ccc(C(F)(F)F)cc1F. The number of benzene rings is 2. The van der Waals surface area contributed by atoms with E-state index in [9.17, 15) is 17.6 Å². The first kappa shape index (κ1) is 19.6. The number of rotatable bonds is 4. The van der Waals surface area contributed by atoms with E-state index in [0.717, 1.165) is 49.7 Å². The van der Waals surface area contributed by atoms with Gasteiger partial charge in [0.1, 0.15) is 5.82 Å². The van der Waals surface area contributed by atoms with Crippen LogP contribution in [0.5, 0.6) is 0 Å². The molecule has 1 aliphatic rings. The second kappa shape index (κ2) is 8.26. The van der Waals surface area contributed by atoms with E-state index in [4.69, 9.17) is 0 Å². The molecule has 1 aliphatic heterocycles. The summed E-state index contributed by atoms with van der Waals surface area (Å²) in [6, 6.07) is 13.1. The molecule has 0 amide bonds. The average Bonchev–Trinajstić information content (AvgIpc) is 2.65. The Bertz CT molecular complexity index is 799. The Kier molecular flexibility index (Phi) is 6.00. The Morgan fingerprint density at radius 1 is 1.00 bits per heavy atom. The number of hydrogen-bond acceptors (Lipinski definition) is 1. The number of hydrogen-bond donors (Lipinski definition) is 0. The van der Waals surface area contributed by atoms with E-state index in [-0.39, 0.29) is 0 Å². The van der Waals surface area contributed by atoms with Gasteiger partial charge in [-0.2, -0.15) is 13.2 Å². The molecule has 1 nitrogen and oxygen atoms in total. The Labute approximate surface area is 157 Å². The molecule has 0 unspecified atom stereocenters. The zero-order chi connectivity index (χ0) is 19.4. The normalized spacial score (nSPS) is 15.8. The first-order chi connectivity index (χ1) is 12.9. The van der Waals surface area contributed by atoms with Gasteiger partial charge in [-0.05, 0) is 42.5 Å². The quantitative estimate of drug-likeness (QED) is 0.565. The van der Waals surface area contributed by atoms with Gasteiger partial charge in [-0.15, -0.1) is 0 Å². The lowest BCUT2D eigenvalue weighted by Crippen LogP contribution is -2.30. The summed E-state index contributed by atoms with van der Waals surface area (Å²) in [6.07, 6.45) is -2.29. The Morgan fingerprint density at radius 2 is 1.67 bits per heavy atom. The van der Waals surface area contributed by atoms with Gasteiger partial charge in [0.25, 0.3) is 0 Å². The summed E-state index contributed by atoms with van der Waals surface area (Å²) >= 11 is 0. The number of nitrogens with zero attached hydrogens (tertiary/aromatic N) is 1. The van der Waals surface area contributed by atoms with Gasteiger partial charge in [0.15, 0.2) is 0 Å². The molecule has 2 aromatic rings. The molecule has 0 N–H and O–H groups in total. The van der Waals surface area contributed by atoms with Gasteiger partial charge in [0.2, 0.25) is 0 Å². The number of alkyl halides is 3. The van der Waals surface area contributed by atoms with Crippen molar-refractivity contribution >= 4 is 5.57 Å².